The summed E-state index contributed by atoms with van der Waals surface area (Å²) in [6, 6.07) is 0. The van der Waals surface area contributed by atoms with Gasteiger partial charge in [0.05, 0.1) is 0 Å². The maximum Gasteiger partial charge on any atom is 2.00 e. The van der Waals surface area contributed by atoms with Crippen LogP contribution >= 0.6 is 0 Å². The third-order valence-electron chi connectivity index (χ3n) is 0.730. The maximum atomic E-state index is 9.60. The van der Waals surface area contributed by atoms with Gasteiger partial charge in [-0.1, -0.05) is 13.2 Å². The zero-order valence-corrected chi connectivity index (χ0v) is 13.0. The molecule has 8 nitrogen and oxygen atoms in total. The zero-order chi connectivity index (χ0) is 17.5. The van der Waals surface area contributed by atoms with Crippen LogP contribution < -0.4 is 10.2 Å². The molecule has 9 heteroatoms. The molecule has 0 aliphatic rings. The first-order valence-electron chi connectivity index (χ1n) is 4.88. The van der Waals surface area contributed by atoms with Gasteiger partial charge in [-0.2, -0.15) is 0 Å². The van der Waals surface area contributed by atoms with Gasteiger partial charge in [-0.05, 0) is 27.7 Å². The van der Waals surface area contributed by atoms with E-state index in [1.54, 1.807) is 0 Å². The van der Waals surface area contributed by atoms with Gasteiger partial charge in [0.2, 0.25) is 0 Å². The molecule has 1 radical (unpaired) electrons. The molecule has 0 fully saturated rings. The van der Waals surface area contributed by atoms with Crippen LogP contribution in [0.15, 0.2) is 24.3 Å². The van der Waals surface area contributed by atoms with Gasteiger partial charge in [-0.15, -0.1) is 0 Å². The molecule has 0 amide bonds. The van der Waals surface area contributed by atoms with E-state index in [9.17, 15) is 9.59 Å². The smallest absolute Gasteiger partial charge is 0.550 e. The zero-order valence-electron chi connectivity index (χ0n) is 12.1. The summed E-state index contributed by atoms with van der Waals surface area (Å²) >= 11 is 0. The minimum absolute atomic E-state index is 0. The van der Waals surface area contributed by atoms with Gasteiger partial charge in [0, 0.05) is 23.1 Å². The quantitative estimate of drug-likeness (QED) is 0.463. The Labute approximate surface area is 133 Å². The van der Waals surface area contributed by atoms with Gasteiger partial charge in [-0.25, -0.2) is 9.59 Å². The Kier molecular flexibility index (Phi) is 30.1. The first-order valence-corrected chi connectivity index (χ1v) is 4.88. The van der Waals surface area contributed by atoms with Crippen molar-refractivity contribution in [1.29, 1.82) is 0 Å². The van der Waals surface area contributed by atoms with Crippen molar-refractivity contribution < 1.29 is 56.7 Å². The number of hydrogen-bond acceptors (Lipinski definition) is 6. The summed E-state index contributed by atoms with van der Waals surface area (Å²) in [5, 5.41) is 33.6. The molecule has 0 aromatic carbocycles. The fourth-order valence-electron chi connectivity index (χ4n) is 0. The van der Waals surface area contributed by atoms with E-state index in [0.29, 0.717) is 0 Å². The minimum Gasteiger partial charge on any atom is -0.550 e. The monoisotopic (exact) mass is 353 g/mol. The van der Waals surface area contributed by atoms with E-state index in [0.717, 1.165) is 13.8 Å². The summed E-state index contributed by atoms with van der Waals surface area (Å²) in [7, 11) is 0. The van der Waals surface area contributed by atoms with Gasteiger partial charge in [0.25, 0.3) is 0 Å². The van der Waals surface area contributed by atoms with Gasteiger partial charge >= 0.3 is 29.0 Å². The number of carbonyl (C=O) groups excluding carboxylic acids is 2. The molecule has 0 spiro atoms. The molecule has 0 aliphatic heterocycles. The third-order valence-corrected chi connectivity index (χ3v) is 0.730. The van der Waals surface area contributed by atoms with Gasteiger partial charge in [0.1, 0.15) is 0 Å². The van der Waals surface area contributed by atoms with Crippen molar-refractivity contribution in [2.45, 2.75) is 27.7 Å². The summed E-state index contributed by atoms with van der Waals surface area (Å²) in [5.41, 5.74) is 0.352. The largest absolute Gasteiger partial charge is 2.00 e. The van der Waals surface area contributed by atoms with Gasteiger partial charge < -0.3 is 30.0 Å². The predicted octanol–water partition coefficient (Wildman–Crippen LogP) is -1.20. The Balaban J connectivity index is -0.0000000544. The maximum absolute atomic E-state index is 9.60. The first kappa shape index (κ1) is 31.3. The summed E-state index contributed by atoms with van der Waals surface area (Å²) in [6.07, 6.45) is 0. The second kappa shape index (κ2) is 20.2. The summed E-state index contributed by atoms with van der Waals surface area (Å²) in [5.74, 6) is -4.04. The van der Waals surface area contributed by atoms with Crippen LogP contribution in [0.2, 0.25) is 0 Å². The Bertz CT molecular complexity index is 305. The van der Waals surface area contributed by atoms with Crippen LogP contribution in [0.5, 0.6) is 0 Å². The second-order valence-corrected chi connectivity index (χ2v) is 3.15. The third kappa shape index (κ3) is 130. The summed E-state index contributed by atoms with van der Waals surface area (Å²) < 4.78 is 0. The normalized spacial score (nSPS) is 6.67. The average Bonchev–Trinajstić information content (AvgIpc) is 2.15. The fraction of sp³-hybridized carbons (Fsp3) is 0.333. The van der Waals surface area contributed by atoms with E-state index in [1.807, 2.05) is 0 Å². The molecule has 0 saturated heterocycles. The molecule has 0 heterocycles. The van der Waals surface area contributed by atoms with Crippen LogP contribution in [0.3, 0.4) is 0 Å². The average molecular weight is 354 g/mol. The van der Waals surface area contributed by atoms with Crippen LogP contribution in [0, 0.1) is 0 Å². The standard InChI is InChI=1S/2C4H6O2.2C2H4O2.Cu/c2*1-3(2)4(5)6;2*1-2(3)4;/h2*1H2,2H3,(H,5,6);2*1H3,(H,3,4);/q;;;;+2/p-2. The van der Waals surface area contributed by atoms with Crippen LogP contribution in [-0.4, -0.2) is 34.1 Å². The van der Waals surface area contributed by atoms with Crippen molar-refractivity contribution in [2.75, 3.05) is 0 Å². The van der Waals surface area contributed by atoms with Crippen molar-refractivity contribution in [1.82, 2.24) is 0 Å². The molecule has 0 rings (SSSR count). The Hall–Kier alpha value is -2.12. The molecule has 0 aliphatic carbocycles. The van der Waals surface area contributed by atoms with Crippen LogP contribution in [0.1, 0.15) is 27.7 Å². The number of aliphatic carboxylic acids is 4. The Morgan fingerprint density at radius 2 is 0.762 bits per heavy atom. The first-order chi connectivity index (χ1) is 8.75. The van der Waals surface area contributed by atoms with Crippen LogP contribution in [0.4, 0.5) is 0 Å². The molecule has 0 atom stereocenters. The van der Waals surface area contributed by atoms with E-state index in [-0.39, 0.29) is 28.2 Å². The summed E-state index contributed by atoms with van der Waals surface area (Å²) in [4.78, 5) is 37.0. The van der Waals surface area contributed by atoms with Crippen LogP contribution in [0.25, 0.3) is 0 Å². The van der Waals surface area contributed by atoms with E-state index >= 15 is 0 Å². The number of carbonyl (C=O) groups is 4. The molecule has 0 aromatic rings. The van der Waals surface area contributed by atoms with Crippen molar-refractivity contribution in [3.63, 3.8) is 0 Å². The topological polar surface area (TPSA) is 155 Å². The minimum atomic E-state index is -1.08. The molecule has 0 aromatic heterocycles. The number of hydrogen-bond donors (Lipinski definition) is 2. The molecule has 21 heavy (non-hydrogen) atoms. The molecular weight excluding hydrogens is 336 g/mol. The second-order valence-electron chi connectivity index (χ2n) is 3.15. The molecular formula is C12H18CuO8. The van der Waals surface area contributed by atoms with Crippen LogP contribution in [-0.2, 0) is 36.2 Å². The van der Waals surface area contributed by atoms with E-state index in [1.165, 1.54) is 13.8 Å². The summed E-state index contributed by atoms with van der Waals surface area (Å²) in [6.45, 7) is 11.1. The van der Waals surface area contributed by atoms with Crippen molar-refractivity contribution in [3.05, 3.63) is 24.3 Å². The van der Waals surface area contributed by atoms with Crippen molar-refractivity contribution in [2.24, 2.45) is 0 Å². The SMILES string of the molecule is C=C(C)C(=O)O.C=C(C)C(=O)O.CC(=O)[O-].CC(=O)[O-].[Cu+2]. The van der Waals surface area contributed by atoms with E-state index in [2.05, 4.69) is 13.2 Å². The Morgan fingerprint density at radius 3 is 0.762 bits per heavy atom. The molecule has 0 bridgehead atoms. The number of carboxylic acids is 4. The Morgan fingerprint density at radius 1 is 0.714 bits per heavy atom. The number of carboxylic acid groups (broad SMARTS) is 4. The number of rotatable bonds is 2. The molecule has 0 unspecified atom stereocenters. The predicted molar refractivity (Wildman–Crippen MR) is 66.3 cm³/mol. The fourth-order valence-corrected chi connectivity index (χ4v) is 0. The van der Waals surface area contributed by atoms with Gasteiger partial charge in [-0.3, -0.25) is 0 Å². The molecule has 2 N–H and O–H groups in total. The van der Waals surface area contributed by atoms with Crippen molar-refractivity contribution in [3.8, 4) is 0 Å². The molecule has 0 saturated carbocycles. The van der Waals surface area contributed by atoms with Gasteiger partial charge in [0.15, 0.2) is 0 Å². The van der Waals surface area contributed by atoms with E-state index in [4.69, 9.17) is 30.0 Å². The molecule has 125 valence electrons. The van der Waals surface area contributed by atoms with E-state index < -0.39 is 23.9 Å². The van der Waals surface area contributed by atoms with Crippen molar-refractivity contribution >= 4 is 23.9 Å².